The summed E-state index contributed by atoms with van der Waals surface area (Å²) < 4.78 is 19.1. The quantitative estimate of drug-likeness (QED) is 0.164. The molecule has 3 aromatic rings. The number of benzene rings is 3. The van der Waals surface area contributed by atoms with E-state index in [-0.39, 0.29) is 11.0 Å². The maximum absolute atomic E-state index is 14.4. The second-order valence-electron chi connectivity index (χ2n) is 9.35. The maximum Gasteiger partial charge on any atom is 0.337 e. The highest BCUT2D eigenvalue weighted by molar-refractivity contribution is 6.31. The van der Waals surface area contributed by atoms with Crippen molar-refractivity contribution in [1.82, 2.24) is 4.90 Å². The summed E-state index contributed by atoms with van der Waals surface area (Å²) in [4.78, 5) is 43.0. The van der Waals surface area contributed by atoms with Gasteiger partial charge in [0, 0.05) is 36.3 Å². The average molecular weight is 616 g/mol. The molecule has 3 aromatic carbocycles. The summed E-state index contributed by atoms with van der Waals surface area (Å²) in [7, 11) is 1.36. The molecule has 1 saturated heterocycles. The number of nitrogens with one attached hydrogen (secondary N) is 1. The van der Waals surface area contributed by atoms with Gasteiger partial charge in [-0.1, -0.05) is 41.4 Å². The molecule has 2 unspecified atom stereocenters. The SMILES string of the molecule is C=Nc1cc(C(=O)OC)ccc1N(CC)CC.O=CN1CCC(c2cccc(Cl)c2F)C1C(=O)Nc1cccc(Cl)c1. The van der Waals surface area contributed by atoms with Crippen LogP contribution in [0, 0.1) is 5.82 Å². The number of aliphatic imine (C=N–C) groups is 1. The average Bonchev–Trinajstić information content (AvgIpc) is 3.43. The Labute approximate surface area is 255 Å². The van der Waals surface area contributed by atoms with Gasteiger partial charge in [0.25, 0.3) is 0 Å². The van der Waals surface area contributed by atoms with E-state index >= 15 is 0 Å². The Balaban J connectivity index is 0.000000250. The first kappa shape index (κ1) is 32.6. The lowest BCUT2D eigenvalue weighted by atomic mass is 9.90. The normalized spacial score (nSPS) is 15.7. The molecule has 42 heavy (non-hydrogen) atoms. The van der Waals surface area contributed by atoms with Crippen molar-refractivity contribution < 1.29 is 23.5 Å². The topological polar surface area (TPSA) is 91.3 Å². The molecule has 0 radical (unpaired) electrons. The summed E-state index contributed by atoms with van der Waals surface area (Å²) in [6, 6.07) is 15.9. The first-order chi connectivity index (χ1) is 20.2. The fourth-order valence-corrected chi connectivity index (χ4v) is 5.28. The summed E-state index contributed by atoms with van der Waals surface area (Å²) in [5, 5.41) is 3.22. The summed E-state index contributed by atoms with van der Waals surface area (Å²) in [6.45, 7) is 9.83. The molecule has 1 fully saturated rings. The number of hydrogen-bond donors (Lipinski definition) is 1. The van der Waals surface area contributed by atoms with E-state index in [0.717, 1.165) is 18.8 Å². The van der Waals surface area contributed by atoms with Gasteiger partial charge in [0.15, 0.2) is 0 Å². The lowest BCUT2D eigenvalue weighted by molar-refractivity contribution is -0.128. The Morgan fingerprint density at radius 1 is 1.14 bits per heavy atom. The van der Waals surface area contributed by atoms with Gasteiger partial charge in [0.05, 0.1) is 29.1 Å². The van der Waals surface area contributed by atoms with Crippen molar-refractivity contribution in [3.05, 3.63) is 87.7 Å². The number of rotatable bonds is 9. The monoisotopic (exact) mass is 614 g/mol. The van der Waals surface area contributed by atoms with Gasteiger partial charge in [-0.15, -0.1) is 0 Å². The molecule has 0 aromatic heterocycles. The zero-order chi connectivity index (χ0) is 30.8. The Bertz CT molecular complexity index is 1430. The van der Waals surface area contributed by atoms with E-state index in [2.05, 4.69) is 40.5 Å². The number of anilines is 2. The largest absolute Gasteiger partial charge is 0.465 e. The zero-order valence-corrected chi connectivity index (χ0v) is 25.2. The predicted octanol–water partition coefficient (Wildman–Crippen LogP) is 6.74. The number of carbonyl (C=O) groups excluding carboxylic acids is 3. The third kappa shape index (κ3) is 7.66. The van der Waals surface area contributed by atoms with Crippen LogP contribution in [0.2, 0.25) is 10.0 Å². The van der Waals surface area contributed by atoms with Gasteiger partial charge in [-0.25, -0.2) is 9.18 Å². The van der Waals surface area contributed by atoms with Gasteiger partial charge >= 0.3 is 5.97 Å². The highest BCUT2D eigenvalue weighted by atomic mass is 35.5. The summed E-state index contributed by atoms with van der Waals surface area (Å²) in [5.74, 6) is -1.78. The Kier molecular flexibility index (Phi) is 11.9. The molecule has 1 aliphatic rings. The minimum absolute atomic E-state index is 0.00366. The molecule has 11 heteroatoms. The molecule has 8 nitrogen and oxygen atoms in total. The number of carbonyl (C=O) groups is 3. The van der Waals surface area contributed by atoms with E-state index < -0.39 is 23.7 Å². The molecular formula is C31H33Cl2FN4O4. The van der Waals surface area contributed by atoms with Crippen molar-refractivity contribution in [3.63, 3.8) is 0 Å². The van der Waals surface area contributed by atoms with Crippen LogP contribution in [0.4, 0.5) is 21.5 Å². The van der Waals surface area contributed by atoms with E-state index in [0.29, 0.717) is 46.9 Å². The van der Waals surface area contributed by atoms with E-state index in [4.69, 9.17) is 23.2 Å². The molecule has 4 rings (SSSR count). The van der Waals surface area contributed by atoms with Crippen LogP contribution in [0.5, 0.6) is 0 Å². The molecule has 0 bridgehead atoms. The highest BCUT2D eigenvalue weighted by Crippen LogP contribution is 2.36. The third-order valence-corrected chi connectivity index (χ3v) is 7.51. The van der Waals surface area contributed by atoms with Crippen LogP contribution in [0.1, 0.15) is 42.1 Å². The number of hydrogen-bond acceptors (Lipinski definition) is 6. The summed E-state index contributed by atoms with van der Waals surface area (Å²) in [6.07, 6.45) is 1.09. The van der Waals surface area contributed by atoms with Crippen LogP contribution in [0.3, 0.4) is 0 Å². The predicted molar refractivity (Wildman–Crippen MR) is 166 cm³/mol. The van der Waals surface area contributed by atoms with Crippen molar-refractivity contribution in [2.45, 2.75) is 32.2 Å². The number of esters is 1. The van der Waals surface area contributed by atoms with Crippen LogP contribution in [0.25, 0.3) is 0 Å². The molecule has 1 heterocycles. The lowest BCUT2D eigenvalue weighted by Gasteiger charge is -2.25. The maximum atomic E-state index is 14.4. The van der Waals surface area contributed by atoms with Gasteiger partial charge < -0.3 is 19.9 Å². The first-order valence-corrected chi connectivity index (χ1v) is 14.1. The summed E-state index contributed by atoms with van der Waals surface area (Å²) in [5.41, 5.74) is 3.03. The molecule has 222 valence electrons. The van der Waals surface area contributed by atoms with Gasteiger partial charge in [-0.3, -0.25) is 14.6 Å². The molecule has 2 amide bonds. The van der Waals surface area contributed by atoms with Gasteiger partial charge in [-0.2, -0.15) is 0 Å². The van der Waals surface area contributed by atoms with Crippen molar-refractivity contribution in [2.75, 3.05) is 37.0 Å². The summed E-state index contributed by atoms with van der Waals surface area (Å²) >= 11 is 11.8. The molecule has 0 aliphatic carbocycles. The molecule has 0 spiro atoms. The lowest BCUT2D eigenvalue weighted by Crippen LogP contribution is -2.41. The van der Waals surface area contributed by atoms with E-state index in [1.54, 1.807) is 48.5 Å². The second-order valence-corrected chi connectivity index (χ2v) is 10.2. The standard InChI is InChI=1S/C18H15Cl2FN2O2.C13H18N2O2/c19-11-3-1-4-12(9-11)22-18(25)17-14(7-8-23(17)10-24)13-5-2-6-15(20)16(13)21;1-5-15(6-2)12-8-7-10(13(16)17-4)9-11(12)14-3/h1-6,9-10,14,17H,7-8H2,(H,22,25);7-9H,3,5-6H2,1-2,4H3. The highest BCUT2D eigenvalue weighted by Gasteiger charge is 2.41. The van der Waals surface area contributed by atoms with E-state index in [1.807, 2.05) is 6.07 Å². The Morgan fingerprint density at radius 3 is 2.48 bits per heavy atom. The van der Waals surface area contributed by atoms with Gasteiger partial charge in [0.2, 0.25) is 12.3 Å². The molecule has 1 N–H and O–H groups in total. The van der Waals surface area contributed by atoms with Crippen molar-refractivity contribution in [3.8, 4) is 0 Å². The molecular weight excluding hydrogens is 582 g/mol. The number of methoxy groups -OCH3 is 1. The number of nitrogens with zero attached hydrogens (tertiary/aromatic N) is 3. The third-order valence-electron chi connectivity index (χ3n) is 6.98. The Hall–Kier alpha value is -3.95. The van der Waals surface area contributed by atoms with Crippen LogP contribution in [-0.4, -0.2) is 62.7 Å². The van der Waals surface area contributed by atoms with Crippen LogP contribution in [-0.2, 0) is 14.3 Å². The molecule has 2 atom stereocenters. The minimum atomic E-state index is -0.815. The van der Waals surface area contributed by atoms with Gasteiger partial charge in [0.1, 0.15) is 11.9 Å². The van der Waals surface area contributed by atoms with Crippen molar-refractivity contribution in [2.24, 2.45) is 4.99 Å². The van der Waals surface area contributed by atoms with Crippen LogP contribution < -0.4 is 10.2 Å². The van der Waals surface area contributed by atoms with E-state index in [1.165, 1.54) is 18.1 Å². The number of amides is 2. The fraction of sp³-hybridized carbons (Fsp3) is 0.290. The van der Waals surface area contributed by atoms with Crippen LogP contribution >= 0.6 is 23.2 Å². The van der Waals surface area contributed by atoms with Gasteiger partial charge in [-0.05, 0) is 75.0 Å². The smallest absolute Gasteiger partial charge is 0.337 e. The number of halogens is 3. The zero-order valence-electron chi connectivity index (χ0n) is 23.6. The number of ether oxygens (including phenoxy) is 1. The van der Waals surface area contributed by atoms with Crippen molar-refractivity contribution in [1.29, 1.82) is 0 Å². The van der Waals surface area contributed by atoms with E-state index in [9.17, 15) is 18.8 Å². The van der Waals surface area contributed by atoms with Crippen LogP contribution in [0.15, 0.2) is 65.7 Å². The first-order valence-electron chi connectivity index (χ1n) is 13.3. The number of likely N-dealkylation sites (tertiary alicyclic amines) is 1. The Morgan fingerprint density at radius 2 is 1.86 bits per heavy atom. The second kappa shape index (κ2) is 15.3. The minimum Gasteiger partial charge on any atom is -0.465 e. The molecule has 1 aliphatic heterocycles. The van der Waals surface area contributed by atoms with Crippen molar-refractivity contribution >= 4 is 65.3 Å². The fourth-order valence-electron chi connectivity index (χ4n) is 4.91. The molecule has 0 saturated carbocycles.